The van der Waals surface area contributed by atoms with Crippen LogP contribution in [-0.4, -0.2) is 20.2 Å². The van der Waals surface area contributed by atoms with Crippen molar-refractivity contribution in [1.82, 2.24) is 15.1 Å². The van der Waals surface area contributed by atoms with Gasteiger partial charge in [-0.1, -0.05) is 35.5 Å². The van der Waals surface area contributed by atoms with Crippen molar-refractivity contribution in [3.05, 3.63) is 89.9 Å². The van der Waals surface area contributed by atoms with Gasteiger partial charge in [-0.25, -0.2) is 4.98 Å². The highest BCUT2D eigenvalue weighted by molar-refractivity contribution is 5.61. The number of rotatable bonds is 5. The second kappa shape index (κ2) is 7.84. The minimum Gasteiger partial charge on any atom is -0.438 e. The van der Waals surface area contributed by atoms with E-state index in [-0.39, 0.29) is 23.2 Å². The van der Waals surface area contributed by atoms with Crippen LogP contribution < -0.4 is 4.74 Å². The fourth-order valence-electron chi connectivity index (χ4n) is 2.89. The summed E-state index contributed by atoms with van der Waals surface area (Å²) in [6, 6.07) is 16.6. The molecule has 2 aromatic carbocycles. The van der Waals surface area contributed by atoms with Gasteiger partial charge in [-0.2, -0.15) is 18.2 Å². The Bertz CT molecular complexity index is 1190. The number of benzene rings is 2. The Hall–Kier alpha value is -3.72. The predicted molar refractivity (Wildman–Crippen MR) is 104 cm³/mol. The second-order valence-electron chi connectivity index (χ2n) is 6.85. The number of pyridine rings is 1. The first kappa shape index (κ1) is 20.5. The summed E-state index contributed by atoms with van der Waals surface area (Å²) in [5.74, 6) is 0.555. The van der Waals surface area contributed by atoms with Gasteiger partial charge in [0, 0.05) is 6.20 Å². The van der Waals surface area contributed by atoms with Crippen LogP contribution in [0.4, 0.5) is 13.2 Å². The standard InChI is InChI=1S/C22H16F3N3O3/c1-21(29,14-7-5-8-15(13-14)22(23,24)25)20-27-18(28-31-20)17-11-6-12-26-19(17)30-16-9-3-2-4-10-16/h2-13,29H,1H3. The van der Waals surface area contributed by atoms with Crippen molar-refractivity contribution in [1.29, 1.82) is 0 Å². The molecule has 4 rings (SSSR count). The Kier molecular flexibility index (Phi) is 5.20. The van der Waals surface area contributed by atoms with Crippen LogP contribution in [0.25, 0.3) is 11.4 Å². The Labute approximate surface area is 175 Å². The molecule has 1 atom stereocenters. The number of aliphatic hydroxyl groups is 1. The average molecular weight is 427 g/mol. The largest absolute Gasteiger partial charge is 0.438 e. The van der Waals surface area contributed by atoms with E-state index in [1.807, 2.05) is 6.07 Å². The smallest absolute Gasteiger partial charge is 0.416 e. The Morgan fingerprint density at radius 3 is 2.42 bits per heavy atom. The lowest BCUT2D eigenvalue weighted by molar-refractivity contribution is -0.137. The van der Waals surface area contributed by atoms with Gasteiger partial charge in [-0.05, 0) is 48.9 Å². The number of hydrogen-bond acceptors (Lipinski definition) is 6. The molecule has 6 nitrogen and oxygen atoms in total. The van der Waals surface area contributed by atoms with Crippen molar-refractivity contribution < 1.29 is 27.5 Å². The molecule has 0 spiro atoms. The molecule has 0 aliphatic rings. The van der Waals surface area contributed by atoms with Crippen molar-refractivity contribution in [2.45, 2.75) is 18.7 Å². The van der Waals surface area contributed by atoms with Gasteiger partial charge in [0.05, 0.1) is 11.1 Å². The number of alkyl halides is 3. The lowest BCUT2D eigenvalue weighted by atomic mass is 9.94. The summed E-state index contributed by atoms with van der Waals surface area (Å²) >= 11 is 0. The summed E-state index contributed by atoms with van der Waals surface area (Å²) in [5.41, 5.74) is -2.49. The van der Waals surface area contributed by atoms with Crippen molar-refractivity contribution in [2.75, 3.05) is 0 Å². The fraction of sp³-hybridized carbons (Fsp3) is 0.136. The monoisotopic (exact) mass is 427 g/mol. The number of halogens is 3. The topological polar surface area (TPSA) is 81.3 Å². The van der Waals surface area contributed by atoms with Gasteiger partial charge in [-0.3, -0.25) is 0 Å². The zero-order chi connectivity index (χ0) is 22.1. The van der Waals surface area contributed by atoms with Gasteiger partial charge in [-0.15, -0.1) is 0 Å². The van der Waals surface area contributed by atoms with Gasteiger partial charge in [0.15, 0.2) is 5.60 Å². The minimum atomic E-state index is -4.55. The molecule has 1 N–H and O–H groups in total. The highest BCUT2D eigenvalue weighted by atomic mass is 19.4. The number of para-hydroxylation sites is 1. The van der Waals surface area contributed by atoms with Crippen LogP contribution in [0.15, 0.2) is 77.4 Å². The molecule has 2 heterocycles. The Morgan fingerprint density at radius 2 is 1.68 bits per heavy atom. The van der Waals surface area contributed by atoms with Gasteiger partial charge < -0.3 is 14.4 Å². The summed E-state index contributed by atoms with van der Waals surface area (Å²) in [6.45, 7) is 1.28. The van der Waals surface area contributed by atoms with Crippen LogP contribution in [0, 0.1) is 0 Å². The molecule has 158 valence electrons. The zero-order valence-electron chi connectivity index (χ0n) is 16.2. The third-order valence-corrected chi connectivity index (χ3v) is 4.56. The van der Waals surface area contributed by atoms with E-state index in [2.05, 4.69) is 15.1 Å². The molecular formula is C22H16F3N3O3. The second-order valence-corrected chi connectivity index (χ2v) is 6.85. The first-order valence-electron chi connectivity index (χ1n) is 9.18. The third kappa shape index (κ3) is 4.26. The molecule has 31 heavy (non-hydrogen) atoms. The number of nitrogens with zero attached hydrogens (tertiary/aromatic N) is 3. The molecule has 0 fully saturated rings. The van der Waals surface area contributed by atoms with E-state index in [0.29, 0.717) is 11.3 Å². The molecule has 0 saturated carbocycles. The van der Waals surface area contributed by atoms with E-state index in [4.69, 9.17) is 9.26 Å². The highest BCUT2D eigenvalue weighted by Gasteiger charge is 2.36. The number of hydrogen-bond donors (Lipinski definition) is 1. The van der Waals surface area contributed by atoms with E-state index in [0.717, 1.165) is 12.1 Å². The summed E-state index contributed by atoms with van der Waals surface area (Å²) in [4.78, 5) is 8.38. The normalized spacial score (nSPS) is 13.6. The van der Waals surface area contributed by atoms with Gasteiger partial charge in [0.1, 0.15) is 5.75 Å². The van der Waals surface area contributed by atoms with Crippen molar-refractivity contribution in [2.24, 2.45) is 0 Å². The lowest BCUT2D eigenvalue weighted by Gasteiger charge is -2.20. The summed E-state index contributed by atoms with van der Waals surface area (Å²) in [6.07, 6.45) is -3.02. The molecule has 0 aliphatic carbocycles. The van der Waals surface area contributed by atoms with E-state index in [9.17, 15) is 18.3 Å². The van der Waals surface area contributed by atoms with E-state index < -0.39 is 17.3 Å². The number of aromatic nitrogens is 3. The highest BCUT2D eigenvalue weighted by Crippen LogP contribution is 2.36. The van der Waals surface area contributed by atoms with Crippen LogP contribution in [0.2, 0.25) is 0 Å². The molecule has 0 amide bonds. The first-order chi connectivity index (χ1) is 14.7. The molecule has 0 aliphatic heterocycles. The molecule has 0 bridgehead atoms. The summed E-state index contributed by atoms with van der Waals surface area (Å²) in [7, 11) is 0. The van der Waals surface area contributed by atoms with Crippen molar-refractivity contribution >= 4 is 0 Å². The quantitative estimate of drug-likeness (QED) is 0.472. The van der Waals surface area contributed by atoms with E-state index in [1.54, 1.807) is 36.4 Å². The minimum absolute atomic E-state index is 0.0375. The lowest BCUT2D eigenvalue weighted by Crippen LogP contribution is -2.24. The molecule has 0 radical (unpaired) electrons. The first-order valence-corrected chi connectivity index (χ1v) is 9.18. The van der Waals surface area contributed by atoms with Crippen molar-refractivity contribution in [3.63, 3.8) is 0 Å². The average Bonchev–Trinajstić information content (AvgIpc) is 3.25. The molecule has 2 aromatic heterocycles. The molecular weight excluding hydrogens is 411 g/mol. The Morgan fingerprint density at radius 1 is 0.935 bits per heavy atom. The molecule has 0 saturated heterocycles. The number of ether oxygens (including phenoxy) is 1. The van der Waals surface area contributed by atoms with Crippen LogP contribution in [-0.2, 0) is 11.8 Å². The van der Waals surface area contributed by atoms with Gasteiger partial charge in [0.25, 0.3) is 5.89 Å². The van der Waals surface area contributed by atoms with Crippen LogP contribution in [0.5, 0.6) is 11.6 Å². The molecule has 9 heteroatoms. The maximum atomic E-state index is 13.1. The zero-order valence-corrected chi connectivity index (χ0v) is 16.2. The van der Waals surface area contributed by atoms with Crippen molar-refractivity contribution in [3.8, 4) is 23.0 Å². The maximum Gasteiger partial charge on any atom is 0.416 e. The van der Waals surface area contributed by atoms with Gasteiger partial charge in [0.2, 0.25) is 11.7 Å². The van der Waals surface area contributed by atoms with Crippen LogP contribution >= 0.6 is 0 Å². The van der Waals surface area contributed by atoms with Gasteiger partial charge >= 0.3 is 6.18 Å². The molecule has 4 aromatic rings. The Balaban J connectivity index is 1.68. The van der Waals surface area contributed by atoms with Crippen LogP contribution in [0.1, 0.15) is 23.9 Å². The fourth-order valence-corrected chi connectivity index (χ4v) is 2.89. The predicted octanol–water partition coefficient (Wildman–Crippen LogP) is 5.20. The third-order valence-electron chi connectivity index (χ3n) is 4.56. The van der Waals surface area contributed by atoms with E-state index >= 15 is 0 Å². The summed E-state index contributed by atoms with van der Waals surface area (Å²) < 4.78 is 50.1. The van der Waals surface area contributed by atoms with Crippen LogP contribution in [0.3, 0.4) is 0 Å². The maximum absolute atomic E-state index is 13.1. The SMILES string of the molecule is CC(O)(c1cccc(C(F)(F)F)c1)c1nc(-c2cccnc2Oc2ccccc2)no1. The summed E-state index contributed by atoms with van der Waals surface area (Å²) in [5, 5.41) is 14.8. The van der Waals surface area contributed by atoms with E-state index in [1.165, 1.54) is 25.3 Å². The molecule has 1 unspecified atom stereocenters.